The summed E-state index contributed by atoms with van der Waals surface area (Å²) in [7, 11) is 3.11. The average molecular weight is 442 g/mol. The first-order valence-electron chi connectivity index (χ1n) is 10.3. The van der Waals surface area contributed by atoms with Crippen molar-refractivity contribution in [2.24, 2.45) is 0 Å². The summed E-state index contributed by atoms with van der Waals surface area (Å²) in [5, 5.41) is 10.1. The highest BCUT2D eigenvalue weighted by Gasteiger charge is 2.19. The first kappa shape index (κ1) is 21.9. The number of carbonyl (C=O) groups is 2. The van der Waals surface area contributed by atoms with Gasteiger partial charge < -0.3 is 19.0 Å². The molecule has 166 valence electrons. The molecule has 6 nitrogen and oxygen atoms in total. The predicted molar refractivity (Wildman–Crippen MR) is 126 cm³/mol. The van der Waals surface area contributed by atoms with Crippen LogP contribution < -0.4 is 9.47 Å². The van der Waals surface area contributed by atoms with Crippen molar-refractivity contribution in [1.82, 2.24) is 0 Å². The summed E-state index contributed by atoms with van der Waals surface area (Å²) in [6, 6.07) is 19.8. The number of hydrogen-bond donors (Lipinski definition) is 1. The van der Waals surface area contributed by atoms with Crippen molar-refractivity contribution in [3.05, 3.63) is 89.5 Å². The molecule has 0 unspecified atom stereocenters. The molecule has 0 bridgehead atoms. The van der Waals surface area contributed by atoms with Gasteiger partial charge >= 0.3 is 5.97 Å². The molecule has 33 heavy (non-hydrogen) atoms. The van der Waals surface area contributed by atoms with Gasteiger partial charge in [-0.05, 0) is 42.0 Å². The van der Waals surface area contributed by atoms with Crippen LogP contribution in [0.1, 0.15) is 21.5 Å². The fraction of sp³-hybridized carbons (Fsp3) is 0.111. The Labute approximate surface area is 190 Å². The van der Waals surface area contributed by atoms with E-state index >= 15 is 0 Å². The van der Waals surface area contributed by atoms with Crippen LogP contribution in [0, 0.1) is 0 Å². The molecular weight excluding hydrogens is 420 g/mol. The third kappa shape index (κ3) is 4.65. The number of rotatable bonds is 8. The number of hydrogen-bond acceptors (Lipinski definition) is 5. The number of ether oxygens (including phenoxy) is 2. The molecule has 0 aliphatic rings. The first-order chi connectivity index (χ1) is 16.0. The van der Waals surface area contributed by atoms with Crippen LogP contribution in [0.2, 0.25) is 0 Å². The molecule has 3 aromatic carbocycles. The largest absolute Gasteiger partial charge is 0.493 e. The van der Waals surface area contributed by atoms with E-state index in [1.54, 1.807) is 50.6 Å². The molecular formula is C27H22O6. The first-order valence-corrected chi connectivity index (χ1v) is 10.3. The van der Waals surface area contributed by atoms with Crippen molar-refractivity contribution < 1.29 is 28.6 Å². The molecule has 0 radical (unpaired) electrons. The molecule has 1 N–H and O–H groups in total. The maximum atomic E-state index is 12.9. The summed E-state index contributed by atoms with van der Waals surface area (Å²) in [5.74, 6) is 0.485. The van der Waals surface area contributed by atoms with Gasteiger partial charge in [-0.2, -0.15) is 0 Å². The molecule has 0 fully saturated rings. The quantitative estimate of drug-likeness (QED) is 0.281. The fourth-order valence-corrected chi connectivity index (χ4v) is 3.68. The number of carbonyl (C=O) groups excluding carboxylic acids is 1. The van der Waals surface area contributed by atoms with Gasteiger partial charge in [0.1, 0.15) is 11.3 Å². The number of benzene rings is 3. The summed E-state index contributed by atoms with van der Waals surface area (Å²) in [5.41, 5.74) is 3.08. The number of ketones is 1. The topological polar surface area (TPSA) is 86.0 Å². The van der Waals surface area contributed by atoms with E-state index in [0.29, 0.717) is 39.4 Å². The van der Waals surface area contributed by atoms with Gasteiger partial charge in [0.05, 0.1) is 20.6 Å². The average Bonchev–Trinajstić information content (AvgIpc) is 3.19. The second-order valence-electron chi connectivity index (χ2n) is 7.37. The van der Waals surface area contributed by atoms with E-state index in [0.717, 1.165) is 11.1 Å². The number of fused-ring (bicyclic) bond motifs is 1. The lowest BCUT2D eigenvalue weighted by atomic mass is 10.0. The number of carboxylic acid groups (broad SMARTS) is 1. The van der Waals surface area contributed by atoms with Gasteiger partial charge in [-0.1, -0.05) is 42.5 Å². The number of furan rings is 1. The smallest absolute Gasteiger partial charge is 0.307 e. The van der Waals surface area contributed by atoms with Gasteiger partial charge in [0, 0.05) is 22.1 Å². The molecule has 0 aliphatic heterocycles. The number of allylic oxidation sites excluding steroid dienone is 1. The van der Waals surface area contributed by atoms with Crippen molar-refractivity contribution >= 4 is 28.8 Å². The molecule has 4 aromatic rings. The van der Waals surface area contributed by atoms with Gasteiger partial charge in [0.15, 0.2) is 17.3 Å². The van der Waals surface area contributed by atoms with Crippen LogP contribution in [-0.4, -0.2) is 31.1 Å². The lowest BCUT2D eigenvalue weighted by Gasteiger charge is -2.07. The van der Waals surface area contributed by atoms with E-state index in [4.69, 9.17) is 13.9 Å². The number of methoxy groups -OCH3 is 2. The maximum absolute atomic E-state index is 12.9. The molecule has 4 rings (SSSR count). The van der Waals surface area contributed by atoms with Crippen LogP contribution in [-0.2, 0) is 11.2 Å². The Morgan fingerprint density at radius 2 is 1.70 bits per heavy atom. The lowest BCUT2D eigenvalue weighted by molar-refractivity contribution is -0.136. The SMILES string of the molecule is COc1ccc(C=CC(=O)c2ccc3oc(-c4ccccc4)c(CC(=O)O)c3c2)cc1OC. The van der Waals surface area contributed by atoms with Crippen LogP contribution in [0.3, 0.4) is 0 Å². The molecule has 0 aliphatic carbocycles. The Bertz CT molecular complexity index is 1350. The molecule has 0 amide bonds. The molecule has 0 saturated heterocycles. The molecule has 0 saturated carbocycles. The Balaban J connectivity index is 1.69. The zero-order valence-electron chi connectivity index (χ0n) is 18.2. The monoisotopic (exact) mass is 442 g/mol. The van der Waals surface area contributed by atoms with Crippen molar-refractivity contribution in [2.75, 3.05) is 14.2 Å². The van der Waals surface area contributed by atoms with Gasteiger partial charge in [-0.25, -0.2) is 0 Å². The minimum absolute atomic E-state index is 0.212. The summed E-state index contributed by atoms with van der Waals surface area (Å²) < 4.78 is 16.5. The Hall–Kier alpha value is -4.32. The Kier molecular flexibility index (Phi) is 6.26. The van der Waals surface area contributed by atoms with Crippen molar-refractivity contribution in [3.63, 3.8) is 0 Å². The molecule has 0 spiro atoms. The second kappa shape index (κ2) is 9.44. The second-order valence-corrected chi connectivity index (χ2v) is 7.37. The minimum atomic E-state index is -0.972. The van der Waals surface area contributed by atoms with E-state index in [9.17, 15) is 14.7 Å². The van der Waals surface area contributed by atoms with Crippen molar-refractivity contribution in [1.29, 1.82) is 0 Å². The van der Waals surface area contributed by atoms with Crippen LogP contribution in [0.25, 0.3) is 28.4 Å². The summed E-state index contributed by atoms with van der Waals surface area (Å²) in [6.45, 7) is 0. The van der Waals surface area contributed by atoms with Crippen LogP contribution in [0.5, 0.6) is 11.5 Å². The van der Waals surface area contributed by atoms with Gasteiger partial charge in [-0.15, -0.1) is 0 Å². The summed E-state index contributed by atoms with van der Waals surface area (Å²) in [6.07, 6.45) is 2.95. The van der Waals surface area contributed by atoms with Crippen LogP contribution in [0.4, 0.5) is 0 Å². The highest BCUT2D eigenvalue weighted by atomic mass is 16.5. The Morgan fingerprint density at radius 1 is 0.939 bits per heavy atom. The summed E-state index contributed by atoms with van der Waals surface area (Å²) in [4.78, 5) is 24.4. The maximum Gasteiger partial charge on any atom is 0.307 e. The predicted octanol–water partition coefficient (Wildman–Crippen LogP) is 5.64. The van der Waals surface area contributed by atoms with E-state index in [2.05, 4.69) is 0 Å². The van der Waals surface area contributed by atoms with Crippen LogP contribution in [0.15, 0.2) is 77.2 Å². The van der Waals surface area contributed by atoms with E-state index in [1.807, 2.05) is 36.4 Å². The van der Waals surface area contributed by atoms with E-state index in [1.165, 1.54) is 6.08 Å². The highest BCUT2D eigenvalue weighted by molar-refractivity contribution is 6.09. The standard InChI is InChI=1S/C27H22O6/c1-31-24-12-9-17(14-25(24)32-2)8-11-22(28)19-10-13-23-20(15-19)21(16-26(29)30)27(33-23)18-6-4-3-5-7-18/h3-15H,16H2,1-2H3,(H,29,30). The van der Waals surface area contributed by atoms with Crippen molar-refractivity contribution in [3.8, 4) is 22.8 Å². The zero-order valence-corrected chi connectivity index (χ0v) is 18.2. The van der Waals surface area contributed by atoms with E-state index in [-0.39, 0.29) is 12.2 Å². The highest BCUT2D eigenvalue weighted by Crippen LogP contribution is 2.35. The minimum Gasteiger partial charge on any atom is -0.493 e. The zero-order chi connectivity index (χ0) is 23.4. The van der Waals surface area contributed by atoms with Crippen LogP contribution >= 0.6 is 0 Å². The van der Waals surface area contributed by atoms with Crippen molar-refractivity contribution in [2.45, 2.75) is 6.42 Å². The van der Waals surface area contributed by atoms with Gasteiger partial charge in [0.2, 0.25) is 0 Å². The van der Waals surface area contributed by atoms with E-state index < -0.39 is 5.97 Å². The Morgan fingerprint density at radius 3 is 2.39 bits per heavy atom. The molecule has 1 heterocycles. The normalized spacial score (nSPS) is 11.1. The molecule has 6 heteroatoms. The lowest BCUT2D eigenvalue weighted by Crippen LogP contribution is -2.01. The molecule has 0 atom stereocenters. The summed E-state index contributed by atoms with van der Waals surface area (Å²) >= 11 is 0. The molecule has 1 aromatic heterocycles. The number of carboxylic acids is 1. The number of aliphatic carboxylic acids is 1. The third-order valence-electron chi connectivity index (χ3n) is 5.27. The van der Waals surface area contributed by atoms with Gasteiger partial charge in [0.25, 0.3) is 0 Å². The van der Waals surface area contributed by atoms with Gasteiger partial charge in [-0.3, -0.25) is 9.59 Å². The third-order valence-corrected chi connectivity index (χ3v) is 5.27. The fourth-order valence-electron chi connectivity index (χ4n) is 3.68.